The van der Waals surface area contributed by atoms with Crippen molar-refractivity contribution in [2.45, 2.75) is 6.92 Å². The third-order valence-corrected chi connectivity index (χ3v) is 3.83. The van der Waals surface area contributed by atoms with Gasteiger partial charge in [-0.1, -0.05) is 29.8 Å². The second kappa shape index (κ2) is 8.14. The average molecular weight is 362 g/mol. The summed E-state index contributed by atoms with van der Waals surface area (Å²) in [4.78, 5) is 23.7. The van der Waals surface area contributed by atoms with E-state index >= 15 is 0 Å². The third kappa shape index (κ3) is 4.49. The first-order valence-electron chi connectivity index (χ1n) is 8.25. The van der Waals surface area contributed by atoms with Gasteiger partial charge in [0.1, 0.15) is 11.5 Å². The lowest BCUT2D eigenvalue weighted by molar-refractivity contribution is 0.0600. The Kier molecular flexibility index (Phi) is 5.47. The number of hydrogen-bond donors (Lipinski definition) is 1. The molecule has 0 atom stereocenters. The van der Waals surface area contributed by atoms with Gasteiger partial charge in [0.25, 0.3) is 5.91 Å². The molecule has 1 heterocycles. The standard InChI is InChI=1S/C21H18N2O4/c1-14-5-3-7-16(11-14)20(24)23-22-13-18-9-10-19(27-18)15-6-4-8-17(12-15)21(25)26-2/h3-13H,1-2H3,(H,23,24)/b22-13+. The van der Waals surface area contributed by atoms with E-state index < -0.39 is 5.97 Å². The van der Waals surface area contributed by atoms with Crippen molar-refractivity contribution in [2.75, 3.05) is 7.11 Å². The topological polar surface area (TPSA) is 80.9 Å². The molecule has 0 aliphatic rings. The number of ether oxygens (including phenoxy) is 1. The zero-order valence-corrected chi connectivity index (χ0v) is 14.9. The summed E-state index contributed by atoms with van der Waals surface area (Å²) in [5.74, 6) is 0.335. The van der Waals surface area contributed by atoms with E-state index in [0.29, 0.717) is 22.6 Å². The molecule has 27 heavy (non-hydrogen) atoms. The Morgan fingerprint density at radius 2 is 1.81 bits per heavy atom. The van der Waals surface area contributed by atoms with Crippen molar-refractivity contribution in [3.8, 4) is 11.3 Å². The molecule has 1 N–H and O–H groups in total. The Morgan fingerprint density at radius 1 is 1.04 bits per heavy atom. The van der Waals surface area contributed by atoms with Crippen LogP contribution in [0.25, 0.3) is 11.3 Å². The van der Waals surface area contributed by atoms with Crippen LogP contribution in [0.4, 0.5) is 0 Å². The minimum Gasteiger partial charge on any atom is -0.465 e. The number of carbonyl (C=O) groups is 2. The molecule has 3 aromatic rings. The molecule has 2 aromatic carbocycles. The van der Waals surface area contributed by atoms with Crippen molar-refractivity contribution in [1.29, 1.82) is 0 Å². The van der Waals surface area contributed by atoms with Crippen molar-refractivity contribution in [1.82, 2.24) is 5.43 Å². The van der Waals surface area contributed by atoms with Crippen molar-refractivity contribution in [3.05, 3.63) is 83.1 Å². The third-order valence-electron chi connectivity index (χ3n) is 3.83. The SMILES string of the molecule is COC(=O)c1cccc(-c2ccc(/C=N/NC(=O)c3cccc(C)c3)o2)c1. The summed E-state index contributed by atoms with van der Waals surface area (Å²) in [5, 5.41) is 3.92. The number of carbonyl (C=O) groups excluding carboxylic acids is 2. The maximum Gasteiger partial charge on any atom is 0.337 e. The fourth-order valence-corrected chi connectivity index (χ4v) is 2.50. The highest BCUT2D eigenvalue weighted by Crippen LogP contribution is 2.22. The Hall–Kier alpha value is -3.67. The Balaban J connectivity index is 1.68. The Labute approximate surface area is 156 Å². The summed E-state index contributed by atoms with van der Waals surface area (Å²) in [6.07, 6.45) is 1.42. The maximum atomic E-state index is 12.0. The molecule has 1 aromatic heterocycles. The van der Waals surface area contributed by atoms with E-state index in [1.807, 2.05) is 25.1 Å². The van der Waals surface area contributed by atoms with E-state index in [4.69, 9.17) is 9.15 Å². The summed E-state index contributed by atoms with van der Waals surface area (Å²) in [6, 6.07) is 17.6. The van der Waals surface area contributed by atoms with Crippen LogP contribution in [0.15, 0.2) is 70.2 Å². The number of hydrogen-bond acceptors (Lipinski definition) is 5. The van der Waals surface area contributed by atoms with Gasteiger partial charge in [0, 0.05) is 11.1 Å². The van der Waals surface area contributed by atoms with Gasteiger partial charge in [-0.25, -0.2) is 10.2 Å². The molecular weight excluding hydrogens is 344 g/mol. The lowest BCUT2D eigenvalue weighted by Crippen LogP contribution is -2.17. The zero-order chi connectivity index (χ0) is 19.2. The Morgan fingerprint density at radius 3 is 2.59 bits per heavy atom. The van der Waals surface area contributed by atoms with Gasteiger partial charge in [0.15, 0.2) is 0 Å². The van der Waals surface area contributed by atoms with Gasteiger partial charge in [-0.3, -0.25) is 4.79 Å². The lowest BCUT2D eigenvalue weighted by atomic mass is 10.1. The van der Waals surface area contributed by atoms with Crippen LogP contribution in [0.3, 0.4) is 0 Å². The van der Waals surface area contributed by atoms with Gasteiger partial charge in [0.2, 0.25) is 0 Å². The van der Waals surface area contributed by atoms with Crippen LogP contribution in [-0.2, 0) is 4.74 Å². The molecule has 1 amide bonds. The molecule has 0 spiro atoms. The van der Waals surface area contributed by atoms with Crippen LogP contribution in [0, 0.1) is 6.92 Å². The second-order valence-electron chi connectivity index (χ2n) is 5.84. The summed E-state index contributed by atoms with van der Waals surface area (Å²) >= 11 is 0. The number of hydrazone groups is 1. The van der Waals surface area contributed by atoms with Crippen LogP contribution in [0.1, 0.15) is 32.0 Å². The quantitative estimate of drug-likeness (QED) is 0.425. The molecule has 0 radical (unpaired) electrons. The first-order valence-corrected chi connectivity index (χ1v) is 8.25. The largest absolute Gasteiger partial charge is 0.465 e. The number of amides is 1. The second-order valence-corrected chi connectivity index (χ2v) is 5.84. The van der Waals surface area contributed by atoms with E-state index in [1.54, 1.807) is 42.5 Å². The van der Waals surface area contributed by atoms with Gasteiger partial charge in [0.05, 0.1) is 18.9 Å². The minimum absolute atomic E-state index is 0.299. The lowest BCUT2D eigenvalue weighted by Gasteiger charge is -2.01. The van der Waals surface area contributed by atoms with Gasteiger partial charge >= 0.3 is 5.97 Å². The highest BCUT2D eigenvalue weighted by Gasteiger charge is 2.09. The van der Waals surface area contributed by atoms with Gasteiger partial charge in [-0.05, 0) is 43.3 Å². The van der Waals surface area contributed by atoms with Crippen molar-refractivity contribution >= 4 is 18.1 Å². The summed E-state index contributed by atoms with van der Waals surface area (Å²) in [7, 11) is 1.33. The molecule has 3 rings (SSSR count). The summed E-state index contributed by atoms with van der Waals surface area (Å²) in [5.41, 5.74) is 5.17. The normalized spacial score (nSPS) is 10.7. The van der Waals surface area contributed by atoms with E-state index in [1.165, 1.54) is 13.3 Å². The predicted octanol–water partition coefficient (Wildman–Crippen LogP) is 3.81. The fourth-order valence-electron chi connectivity index (χ4n) is 2.50. The smallest absolute Gasteiger partial charge is 0.337 e. The Bertz CT molecular complexity index is 1000. The number of nitrogens with zero attached hydrogens (tertiary/aromatic N) is 1. The number of benzene rings is 2. The molecule has 0 fully saturated rings. The van der Waals surface area contributed by atoms with Crippen LogP contribution < -0.4 is 5.43 Å². The van der Waals surface area contributed by atoms with E-state index in [2.05, 4.69) is 10.5 Å². The average Bonchev–Trinajstić information content (AvgIpc) is 3.16. The van der Waals surface area contributed by atoms with E-state index in [0.717, 1.165) is 11.1 Å². The monoisotopic (exact) mass is 362 g/mol. The molecule has 0 aliphatic heterocycles. The van der Waals surface area contributed by atoms with Gasteiger partial charge in [-0.15, -0.1) is 0 Å². The number of methoxy groups -OCH3 is 1. The van der Waals surface area contributed by atoms with Crippen LogP contribution >= 0.6 is 0 Å². The van der Waals surface area contributed by atoms with Gasteiger partial charge in [-0.2, -0.15) is 5.10 Å². The number of rotatable bonds is 5. The first-order chi connectivity index (χ1) is 13.1. The molecule has 6 heteroatoms. The van der Waals surface area contributed by atoms with Gasteiger partial charge < -0.3 is 9.15 Å². The first kappa shape index (κ1) is 18.1. The number of furan rings is 1. The number of nitrogens with one attached hydrogen (secondary N) is 1. The van der Waals surface area contributed by atoms with Crippen LogP contribution in [0.2, 0.25) is 0 Å². The molecule has 0 saturated carbocycles. The molecule has 0 bridgehead atoms. The molecule has 6 nitrogen and oxygen atoms in total. The molecule has 0 saturated heterocycles. The fraction of sp³-hybridized carbons (Fsp3) is 0.0952. The number of aryl methyl sites for hydroxylation is 1. The minimum atomic E-state index is -0.413. The van der Waals surface area contributed by atoms with Crippen molar-refractivity contribution in [2.24, 2.45) is 5.10 Å². The molecule has 136 valence electrons. The molecule has 0 aliphatic carbocycles. The van der Waals surface area contributed by atoms with E-state index in [-0.39, 0.29) is 5.91 Å². The number of esters is 1. The zero-order valence-electron chi connectivity index (χ0n) is 14.9. The highest BCUT2D eigenvalue weighted by atomic mass is 16.5. The maximum absolute atomic E-state index is 12.0. The predicted molar refractivity (Wildman–Crippen MR) is 102 cm³/mol. The van der Waals surface area contributed by atoms with Crippen molar-refractivity contribution < 1.29 is 18.7 Å². The summed E-state index contributed by atoms with van der Waals surface area (Å²) < 4.78 is 10.4. The van der Waals surface area contributed by atoms with Crippen molar-refractivity contribution in [3.63, 3.8) is 0 Å². The van der Waals surface area contributed by atoms with Crippen LogP contribution in [0.5, 0.6) is 0 Å². The van der Waals surface area contributed by atoms with Crippen LogP contribution in [-0.4, -0.2) is 25.2 Å². The molecule has 0 unspecified atom stereocenters. The summed E-state index contributed by atoms with van der Waals surface area (Å²) in [6.45, 7) is 1.92. The highest BCUT2D eigenvalue weighted by molar-refractivity contribution is 5.95. The van der Waals surface area contributed by atoms with E-state index in [9.17, 15) is 9.59 Å². The molecular formula is C21H18N2O4.